The summed E-state index contributed by atoms with van der Waals surface area (Å²) < 4.78 is 0. The second kappa shape index (κ2) is 13.2. The van der Waals surface area contributed by atoms with Crippen LogP contribution < -0.4 is 5.32 Å². The van der Waals surface area contributed by atoms with Gasteiger partial charge in [-0.25, -0.2) is 0 Å². The van der Waals surface area contributed by atoms with Gasteiger partial charge in [-0.1, -0.05) is 80.3 Å². The van der Waals surface area contributed by atoms with Crippen molar-refractivity contribution in [3.05, 3.63) is 59.7 Å². The van der Waals surface area contributed by atoms with Crippen molar-refractivity contribution in [1.82, 2.24) is 5.32 Å². The molecule has 0 bridgehead atoms. The Bertz CT molecular complexity index is 684. The minimum atomic E-state index is -0.357. The van der Waals surface area contributed by atoms with Crippen LogP contribution in [0.1, 0.15) is 76.7 Å². The van der Waals surface area contributed by atoms with Crippen LogP contribution in [0, 0.1) is 17.8 Å². The molecule has 0 aliphatic heterocycles. The molecule has 2 saturated carbocycles. The van der Waals surface area contributed by atoms with E-state index in [0.717, 1.165) is 45.2 Å². The number of aliphatic hydroxyl groups excluding tert-OH is 2. The Kier molecular flexibility index (Phi) is 10.3. The predicted octanol–water partition coefficient (Wildman–Crippen LogP) is 5.78. The summed E-state index contributed by atoms with van der Waals surface area (Å²) in [6.07, 6.45) is 17.1. The molecule has 0 amide bonds. The van der Waals surface area contributed by atoms with E-state index in [2.05, 4.69) is 54.7 Å². The second-order valence-electron chi connectivity index (χ2n) is 9.68. The molecule has 2 aliphatic carbocycles. The van der Waals surface area contributed by atoms with Crippen LogP contribution in [0.4, 0.5) is 0 Å². The van der Waals surface area contributed by atoms with Crippen LogP contribution in [-0.2, 0) is 6.54 Å². The highest BCUT2D eigenvalue weighted by atomic mass is 16.3. The zero-order valence-corrected chi connectivity index (χ0v) is 19.4. The van der Waals surface area contributed by atoms with Crippen molar-refractivity contribution < 1.29 is 10.2 Å². The smallest absolute Gasteiger partial charge is 0.0721 e. The van der Waals surface area contributed by atoms with E-state index in [1.165, 1.54) is 37.7 Å². The molecule has 3 N–H and O–H groups in total. The molecular formula is C28H43NO2. The Labute approximate surface area is 189 Å². The van der Waals surface area contributed by atoms with E-state index in [-0.39, 0.29) is 18.1 Å². The molecule has 31 heavy (non-hydrogen) atoms. The summed E-state index contributed by atoms with van der Waals surface area (Å²) in [6.45, 7) is 4.21. The van der Waals surface area contributed by atoms with Crippen molar-refractivity contribution in [2.75, 3.05) is 6.54 Å². The first-order chi connectivity index (χ1) is 15.2. The fourth-order valence-corrected chi connectivity index (χ4v) is 5.43. The van der Waals surface area contributed by atoms with Crippen molar-refractivity contribution in [1.29, 1.82) is 0 Å². The lowest BCUT2D eigenvalue weighted by atomic mass is 9.90. The summed E-state index contributed by atoms with van der Waals surface area (Å²) in [7, 11) is 0. The Hall–Kier alpha value is -1.42. The van der Waals surface area contributed by atoms with Gasteiger partial charge in [-0.05, 0) is 68.9 Å². The zero-order valence-electron chi connectivity index (χ0n) is 19.4. The molecule has 0 aromatic heterocycles. The average Bonchev–Trinajstić information content (AvgIpc) is 3.28. The number of rotatable bonds is 13. The topological polar surface area (TPSA) is 52.5 Å². The summed E-state index contributed by atoms with van der Waals surface area (Å²) in [5.41, 5.74) is 2.95. The maximum absolute atomic E-state index is 10.5. The van der Waals surface area contributed by atoms with Gasteiger partial charge in [-0.15, -0.1) is 0 Å². The molecule has 2 aliphatic rings. The summed E-state index contributed by atoms with van der Waals surface area (Å²) in [5, 5.41) is 24.3. The lowest BCUT2D eigenvalue weighted by molar-refractivity contribution is 0.139. The first kappa shape index (κ1) is 24.2. The predicted molar refractivity (Wildman–Crippen MR) is 130 cm³/mol. The van der Waals surface area contributed by atoms with Gasteiger partial charge in [0.05, 0.1) is 12.2 Å². The van der Waals surface area contributed by atoms with Gasteiger partial charge in [0.25, 0.3) is 0 Å². The van der Waals surface area contributed by atoms with Crippen LogP contribution >= 0.6 is 0 Å². The van der Waals surface area contributed by atoms with Crippen LogP contribution in [0.5, 0.6) is 0 Å². The Morgan fingerprint density at radius 1 is 1.10 bits per heavy atom. The maximum Gasteiger partial charge on any atom is 0.0721 e. The third kappa shape index (κ3) is 7.89. The number of fused-ring (bicyclic) bond motifs is 1. The summed E-state index contributed by atoms with van der Waals surface area (Å²) in [5.74, 6) is 1.41. The first-order valence-corrected chi connectivity index (χ1v) is 12.6. The van der Waals surface area contributed by atoms with Gasteiger partial charge >= 0.3 is 0 Å². The van der Waals surface area contributed by atoms with Gasteiger partial charge in [0.2, 0.25) is 0 Å². The molecule has 0 spiro atoms. The van der Waals surface area contributed by atoms with Crippen molar-refractivity contribution >= 4 is 0 Å². The zero-order chi connectivity index (χ0) is 21.9. The number of benzene rings is 1. The van der Waals surface area contributed by atoms with Gasteiger partial charge in [-0.3, -0.25) is 0 Å². The molecule has 1 aromatic carbocycles. The number of aliphatic hydroxyl groups is 2. The van der Waals surface area contributed by atoms with Crippen molar-refractivity contribution in [3.8, 4) is 0 Å². The fourth-order valence-electron chi connectivity index (χ4n) is 5.43. The monoisotopic (exact) mass is 425 g/mol. The Morgan fingerprint density at radius 2 is 1.94 bits per heavy atom. The quantitative estimate of drug-likeness (QED) is 0.277. The minimum Gasteiger partial charge on any atom is -0.392 e. The highest BCUT2D eigenvalue weighted by Crippen LogP contribution is 2.50. The molecule has 0 unspecified atom stereocenters. The Balaban J connectivity index is 1.34. The van der Waals surface area contributed by atoms with E-state index < -0.39 is 0 Å². The minimum absolute atomic E-state index is 0.221. The van der Waals surface area contributed by atoms with Gasteiger partial charge in [0.15, 0.2) is 0 Å². The normalized spacial score (nSPS) is 27.9. The molecular weight excluding hydrogens is 382 g/mol. The standard InChI is InChI=1S/C28H43NO2/c1-2-3-6-14-25(30)15-16-26-27-19-23(18-24(27)20-28(26)31)13-9-5-10-17-29-21-22-11-7-4-8-12-22/h4,7-8,11-13,15-16,24-31H,2-3,5-6,9-10,14,17-21H2,1H3/t24-,25-,26+,27-,28+/m0/s1. The van der Waals surface area contributed by atoms with E-state index in [1.807, 2.05) is 6.08 Å². The molecule has 2 fully saturated rings. The Morgan fingerprint density at radius 3 is 2.74 bits per heavy atom. The number of hydrogen-bond donors (Lipinski definition) is 3. The van der Waals surface area contributed by atoms with Crippen molar-refractivity contribution in [2.45, 2.75) is 89.9 Å². The largest absolute Gasteiger partial charge is 0.392 e. The van der Waals surface area contributed by atoms with Crippen LogP contribution in [-0.4, -0.2) is 29.0 Å². The van der Waals surface area contributed by atoms with Crippen LogP contribution in [0.2, 0.25) is 0 Å². The van der Waals surface area contributed by atoms with Crippen molar-refractivity contribution in [2.24, 2.45) is 17.8 Å². The van der Waals surface area contributed by atoms with Gasteiger partial charge in [0.1, 0.15) is 0 Å². The molecule has 0 heterocycles. The van der Waals surface area contributed by atoms with E-state index >= 15 is 0 Å². The van der Waals surface area contributed by atoms with Gasteiger partial charge < -0.3 is 15.5 Å². The molecule has 3 heteroatoms. The first-order valence-electron chi connectivity index (χ1n) is 12.6. The number of unbranched alkanes of at least 4 members (excludes halogenated alkanes) is 4. The molecule has 1 aromatic rings. The van der Waals surface area contributed by atoms with Gasteiger partial charge in [0, 0.05) is 12.5 Å². The summed E-state index contributed by atoms with van der Waals surface area (Å²) in [6, 6.07) is 10.6. The molecule has 3 rings (SSSR count). The number of nitrogens with one attached hydrogen (secondary N) is 1. The van der Waals surface area contributed by atoms with E-state index in [1.54, 1.807) is 5.57 Å². The number of hydrogen-bond acceptors (Lipinski definition) is 3. The maximum atomic E-state index is 10.5. The molecule has 172 valence electrons. The lowest BCUT2D eigenvalue weighted by Crippen LogP contribution is -2.17. The molecule has 0 saturated heterocycles. The van der Waals surface area contributed by atoms with E-state index in [0.29, 0.717) is 11.8 Å². The fraction of sp³-hybridized carbons (Fsp3) is 0.643. The van der Waals surface area contributed by atoms with Gasteiger partial charge in [-0.2, -0.15) is 0 Å². The van der Waals surface area contributed by atoms with Crippen LogP contribution in [0.15, 0.2) is 54.1 Å². The van der Waals surface area contributed by atoms with Crippen LogP contribution in [0.25, 0.3) is 0 Å². The number of allylic oxidation sites excluding steroid dienone is 2. The molecule has 3 nitrogen and oxygen atoms in total. The SMILES string of the molecule is CCCCC[C@H](O)C=C[C@@H]1[C@H]2CC(=CCCCCNCc3ccccc3)C[C@H]2C[C@H]1O. The molecule has 5 atom stereocenters. The van der Waals surface area contributed by atoms with E-state index in [4.69, 9.17) is 0 Å². The van der Waals surface area contributed by atoms with E-state index in [9.17, 15) is 10.2 Å². The third-order valence-corrected chi connectivity index (χ3v) is 7.18. The second-order valence-corrected chi connectivity index (χ2v) is 9.68. The highest BCUT2D eigenvalue weighted by Gasteiger charge is 2.44. The summed E-state index contributed by atoms with van der Waals surface area (Å²) >= 11 is 0. The van der Waals surface area contributed by atoms with Crippen molar-refractivity contribution in [3.63, 3.8) is 0 Å². The average molecular weight is 426 g/mol. The highest BCUT2D eigenvalue weighted by molar-refractivity contribution is 5.18. The summed E-state index contributed by atoms with van der Waals surface area (Å²) in [4.78, 5) is 0. The third-order valence-electron chi connectivity index (χ3n) is 7.18. The van der Waals surface area contributed by atoms with Crippen LogP contribution in [0.3, 0.4) is 0 Å². The lowest BCUT2D eigenvalue weighted by Gasteiger charge is -2.17. The molecule has 0 radical (unpaired) electrons.